The van der Waals surface area contributed by atoms with E-state index in [1.807, 2.05) is 6.07 Å². The van der Waals surface area contributed by atoms with Gasteiger partial charge in [-0.05, 0) is 56.1 Å². The van der Waals surface area contributed by atoms with Crippen LogP contribution in [0, 0.1) is 17.8 Å². The topological polar surface area (TPSA) is 76.9 Å². The second kappa shape index (κ2) is 6.00. The van der Waals surface area contributed by atoms with Crippen molar-refractivity contribution in [1.29, 1.82) is 0 Å². The highest BCUT2D eigenvalue weighted by Crippen LogP contribution is 2.49. The highest BCUT2D eigenvalue weighted by atomic mass is 16.2. The predicted octanol–water partition coefficient (Wildman–Crippen LogP) is 1.73. The van der Waals surface area contributed by atoms with Crippen molar-refractivity contribution >= 4 is 16.8 Å². The molecule has 24 heavy (non-hydrogen) atoms. The molecule has 2 aliphatic carbocycles. The lowest BCUT2D eigenvalue weighted by molar-refractivity contribution is -0.123. The molecule has 2 bridgehead atoms. The molecule has 1 N–H and O–H groups in total. The maximum Gasteiger partial charge on any atom is 0.278 e. The number of hydrogen-bond acceptors (Lipinski definition) is 4. The van der Waals surface area contributed by atoms with Crippen molar-refractivity contribution in [1.82, 2.24) is 20.3 Å². The molecule has 2 aromatic rings. The van der Waals surface area contributed by atoms with Gasteiger partial charge in [-0.3, -0.25) is 9.59 Å². The quantitative estimate of drug-likeness (QED) is 0.928. The van der Waals surface area contributed by atoms with Gasteiger partial charge in [0.05, 0.1) is 5.39 Å². The summed E-state index contributed by atoms with van der Waals surface area (Å²) in [5.41, 5.74) is 0.276. The van der Waals surface area contributed by atoms with Crippen molar-refractivity contribution in [2.45, 2.75) is 45.2 Å². The molecule has 4 atom stereocenters. The van der Waals surface area contributed by atoms with Crippen LogP contribution in [0.4, 0.5) is 0 Å². The van der Waals surface area contributed by atoms with Gasteiger partial charge in [-0.25, -0.2) is 4.68 Å². The monoisotopic (exact) mass is 326 g/mol. The molecule has 4 unspecified atom stereocenters. The van der Waals surface area contributed by atoms with Crippen LogP contribution in [0.3, 0.4) is 0 Å². The van der Waals surface area contributed by atoms with Crippen LogP contribution < -0.4 is 10.9 Å². The van der Waals surface area contributed by atoms with E-state index in [0.717, 1.165) is 16.5 Å². The van der Waals surface area contributed by atoms with E-state index < -0.39 is 0 Å². The molecule has 126 valence electrons. The summed E-state index contributed by atoms with van der Waals surface area (Å²) in [5.74, 6) is 2.02. The van der Waals surface area contributed by atoms with Crippen molar-refractivity contribution in [3.8, 4) is 0 Å². The average Bonchev–Trinajstić information content (AvgIpc) is 3.21. The fourth-order valence-electron chi connectivity index (χ4n) is 4.58. The van der Waals surface area contributed by atoms with Gasteiger partial charge in [-0.2, -0.15) is 0 Å². The van der Waals surface area contributed by atoms with Gasteiger partial charge < -0.3 is 5.32 Å². The normalized spacial score (nSPS) is 26.6. The summed E-state index contributed by atoms with van der Waals surface area (Å²) in [6.07, 6.45) is 5.19. The maximum absolute atomic E-state index is 12.4. The molecule has 1 amide bonds. The van der Waals surface area contributed by atoms with Crippen molar-refractivity contribution < 1.29 is 4.79 Å². The number of carbonyl (C=O) groups excluding carboxylic acids is 1. The summed E-state index contributed by atoms with van der Waals surface area (Å²) >= 11 is 0. The van der Waals surface area contributed by atoms with Crippen molar-refractivity contribution in [3.05, 3.63) is 34.6 Å². The molecule has 2 aliphatic rings. The molecular formula is C18H22N4O2. The Morgan fingerprint density at radius 1 is 1.33 bits per heavy atom. The Kier molecular flexibility index (Phi) is 3.82. The van der Waals surface area contributed by atoms with Crippen molar-refractivity contribution in [3.63, 3.8) is 0 Å². The molecule has 0 saturated heterocycles. The highest BCUT2D eigenvalue weighted by molar-refractivity contribution is 5.78. The van der Waals surface area contributed by atoms with Crippen LogP contribution in [0.1, 0.15) is 32.6 Å². The first-order valence-electron chi connectivity index (χ1n) is 8.73. The Labute approximate surface area is 140 Å². The summed E-state index contributed by atoms with van der Waals surface area (Å²) < 4.78 is 1.14. The highest BCUT2D eigenvalue weighted by Gasteiger charge is 2.42. The first-order chi connectivity index (χ1) is 11.6. The Balaban J connectivity index is 1.44. The number of aromatic nitrogens is 3. The maximum atomic E-state index is 12.4. The SMILES string of the molecule is CC(NC(=O)Cn1nnc2ccccc2c1=O)C1CC2CCC1C2. The number of carbonyl (C=O) groups is 1. The molecule has 0 radical (unpaired) electrons. The van der Waals surface area contributed by atoms with Gasteiger partial charge in [0.1, 0.15) is 12.1 Å². The number of hydrogen-bond donors (Lipinski definition) is 1. The lowest BCUT2D eigenvalue weighted by atomic mass is 9.84. The second-order valence-corrected chi connectivity index (χ2v) is 7.26. The molecule has 2 saturated carbocycles. The van der Waals surface area contributed by atoms with E-state index in [0.29, 0.717) is 16.8 Å². The van der Waals surface area contributed by atoms with Gasteiger partial charge in [0.15, 0.2) is 0 Å². The molecule has 2 fully saturated rings. The van der Waals surface area contributed by atoms with E-state index in [2.05, 4.69) is 22.6 Å². The van der Waals surface area contributed by atoms with Gasteiger partial charge >= 0.3 is 0 Å². The van der Waals surface area contributed by atoms with Gasteiger partial charge in [-0.1, -0.05) is 23.8 Å². The number of fused-ring (bicyclic) bond motifs is 3. The van der Waals surface area contributed by atoms with E-state index in [1.165, 1.54) is 25.7 Å². The Morgan fingerprint density at radius 2 is 2.17 bits per heavy atom. The fourth-order valence-corrected chi connectivity index (χ4v) is 4.58. The Hall–Kier alpha value is -2.24. The minimum absolute atomic E-state index is 0.0815. The molecule has 1 aromatic heterocycles. The Morgan fingerprint density at radius 3 is 2.92 bits per heavy atom. The molecule has 0 spiro atoms. The fraction of sp³-hybridized carbons (Fsp3) is 0.556. The standard InChI is InChI=1S/C18H22N4O2/c1-11(15-9-12-6-7-13(15)8-12)19-17(23)10-22-18(24)14-4-2-3-5-16(14)20-21-22/h2-5,11-13,15H,6-10H2,1H3,(H,19,23). The largest absolute Gasteiger partial charge is 0.352 e. The van der Waals surface area contributed by atoms with Gasteiger partial charge in [-0.15, -0.1) is 5.10 Å². The second-order valence-electron chi connectivity index (χ2n) is 7.26. The van der Waals surface area contributed by atoms with Crippen LogP contribution in [0.5, 0.6) is 0 Å². The summed E-state index contributed by atoms with van der Waals surface area (Å²) in [5, 5.41) is 11.4. The summed E-state index contributed by atoms with van der Waals surface area (Å²) in [4.78, 5) is 24.7. The van der Waals surface area contributed by atoms with Gasteiger partial charge in [0.2, 0.25) is 5.91 Å². The average molecular weight is 326 g/mol. The van der Waals surface area contributed by atoms with E-state index >= 15 is 0 Å². The zero-order chi connectivity index (χ0) is 16.7. The van der Waals surface area contributed by atoms with E-state index in [9.17, 15) is 9.59 Å². The van der Waals surface area contributed by atoms with Crippen LogP contribution in [-0.2, 0) is 11.3 Å². The van der Waals surface area contributed by atoms with Crippen LogP contribution in [0.15, 0.2) is 29.1 Å². The number of nitrogens with one attached hydrogen (secondary N) is 1. The molecule has 4 rings (SSSR count). The molecule has 6 heteroatoms. The van der Waals surface area contributed by atoms with Gasteiger partial charge in [0, 0.05) is 6.04 Å². The molecular weight excluding hydrogens is 304 g/mol. The lowest BCUT2D eigenvalue weighted by Crippen LogP contribution is -2.43. The molecule has 0 aliphatic heterocycles. The number of benzene rings is 1. The minimum Gasteiger partial charge on any atom is -0.352 e. The predicted molar refractivity (Wildman–Crippen MR) is 90.3 cm³/mol. The summed E-state index contributed by atoms with van der Waals surface area (Å²) in [6, 6.07) is 7.19. The van der Waals surface area contributed by atoms with E-state index in [-0.39, 0.29) is 24.1 Å². The molecule has 1 heterocycles. The molecule has 1 aromatic carbocycles. The third-order valence-corrected chi connectivity index (χ3v) is 5.75. The molecule has 6 nitrogen and oxygen atoms in total. The van der Waals surface area contributed by atoms with E-state index in [1.54, 1.807) is 18.2 Å². The third kappa shape index (κ3) is 2.70. The zero-order valence-corrected chi connectivity index (χ0v) is 13.8. The lowest BCUT2D eigenvalue weighted by Gasteiger charge is -2.28. The number of rotatable bonds is 4. The van der Waals surface area contributed by atoms with Crippen molar-refractivity contribution in [2.75, 3.05) is 0 Å². The third-order valence-electron chi connectivity index (χ3n) is 5.75. The van der Waals surface area contributed by atoms with Crippen LogP contribution in [0.2, 0.25) is 0 Å². The smallest absolute Gasteiger partial charge is 0.278 e. The van der Waals surface area contributed by atoms with Crippen LogP contribution in [-0.4, -0.2) is 26.9 Å². The van der Waals surface area contributed by atoms with Gasteiger partial charge in [0.25, 0.3) is 5.56 Å². The first kappa shape index (κ1) is 15.3. The Bertz CT molecular complexity index is 831. The van der Waals surface area contributed by atoms with Crippen LogP contribution >= 0.6 is 0 Å². The summed E-state index contributed by atoms with van der Waals surface area (Å²) in [7, 11) is 0. The summed E-state index contributed by atoms with van der Waals surface area (Å²) in [6.45, 7) is 2.00. The van der Waals surface area contributed by atoms with Crippen molar-refractivity contribution in [2.24, 2.45) is 17.8 Å². The van der Waals surface area contributed by atoms with E-state index in [4.69, 9.17) is 0 Å². The number of nitrogens with zero attached hydrogens (tertiary/aromatic N) is 3. The zero-order valence-electron chi connectivity index (χ0n) is 13.8. The first-order valence-corrected chi connectivity index (χ1v) is 8.73. The number of amides is 1. The minimum atomic E-state index is -0.275. The van der Waals surface area contributed by atoms with Crippen LogP contribution in [0.25, 0.3) is 10.9 Å².